The van der Waals surface area contributed by atoms with Crippen LogP contribution < -0.4 is 28.3 Å². The van der Waals surface area contributed by atoms with E-state index in [0.717, 1.165) is 6.07 Å². The average molecular weight is 634 g/mol. The molecule has 0 aromatic heterocycles. The number of anilines is 5. The lowest BCUT2D eigenvalue weighted by molar-refractivity contribution is 0.0693. The molecule has 1 amide bonds. The van der Waals surface area contributed by atoms with Gasteiger partial charge in [0.25, 0.3) is 26.1 Å². The maximum absolute atomic E-state index is 12.0. The minimum absolute atomic E-state index is 0.0616. The molecule has 0 fully saturated rings. The quantitative estimate of drug-likeness (QED) is 0.0867. The van der Waals surface area contributed by atoms with E-state index in [0.29, 0.717) is 22.6 Å². The van der Waals surface area contributed by atoms with Crippen LogP contribution in [0.3, 0.4) is 0 Å². The molecule has 17 heteroatoms. The summed E-state index contributed by atoms with van der Waals surface area (Å²) < 4.78 is 61.2. The molecule has 0 unspecified atom stereocenters. The molecule has 0 saturated carbocycles. The number of aromatic carboxylic acids is 1. The Morgan fingerprint density at radius 3 is 1.56 bits per heavy atom. The monoisotopic (exact) mass is 633 g/mol. The molecule has 0 atom stereocenters. The van der Waals surface area contributed by atoms with Crippen molar-refractivity contribution in [3.8, 4) is 5.75 Å². The molecule has 0 saturated heterocycles. The van der Waals surface area contributed by atoms with Crippen LogP contribution in [0.1, 0.15) is 20.7 Å². The van der Waals surface area contributed by atoms with E-state index in [-0.39, 0.29) is 27.6 Å². The first kappa shape index (κ1) is 33.8. The first-order chi connectivity index (χ1) is 19.9. The van der Waals surface area contributed by atoms with Gasteiger partial charge in [0.15, 0.2) is 0 Å². The first-order valence-corrected chi connectivity index (χ1v) is 14.4. The first-order valence-electron chi connectivity index (χ1n) is 11.6. The Morgan fingerprint density at radius 1 is 0.628 bits per heavy atom. The summed E-state index contributed by atoms with van der Waals surface area (Å²) in [5.74, 6) is -1.99. The number of hydrogen-bond acceptors (Lipinski definition) is 11. The minimum atomic E-state index is -4.51. The standard InChI is InChI=1S/C13H13N3O4S.C7H7NO3.C6H7NO3S/c14-9-3-1-8(2-4-9)13(17)16-11-6-5-10(15)7-12(11)21(18,19)20;8-4-1-2-6(9)5(3-4)7(10)11;7-5-1-3-6(4-2-5)11(8,9)10/h1-7H,14-15H2,(H,16,17)(H,18,19,20);1-3,9H,8H2,(H,10,11);1-4H,7H2,(H,8,9,10). The Hall–Kier alpha value is -5.36. The Kier molecular flexibility index (Phi) is 11.0. The van der Waals surface area contributed by atoms with Crippen molar-refractivity contribution in [2.75, 3.05) is 28.3 Å². The van der Waals surface area contributed by atoms with Crippen LogP contribution in [-0.2, 0) is 20.2 Å². The van der Waals surface area contributed by atoms with Gasteiger partial charge in [-0.2, -0.15) is 16.8 Å². The molecule has 15 nitrogen and oxygen atoms in total. The highest BCUT2D eigenvalue weighted by atomic mass is 32.2. The lowest BCUT2D eigenvalue weighted by Crippen LogP contribution is -2.15. The van der Waals surface area contributed by atoms with Gasteiger partial charge >= 0.3 is 5.97 Å². The number of hydrogen-bond donors (Lipinski definition) is 9. The van der Waals surface area contributed by atoms with Gasteiger partial charge in [-0.25, -0.2) is 4.79 Å². The number of carboxylic acids is 1. The number of phenols is 1. The van der Waals surface area contributed by atoms with Gasteiger partial charge < -0.3 is 38.5 Å². The van der Waals surface area contributed by atoms with Gasteiger partial charge in [0.2, 0.25) is 0 Å². The number of nitrogen functional groups attached to an aromatic ring is 4. The van der Waals surface area contributed by atoms with E-state index in [4.69, 9.17) is 42.3 Å². The number of aromatic hydroxyl groups is 1. The van der Waals surface area contributed by atoms with E-state index in [1.54, 1.807) is 12.1 Å². The zero-order valence-electron chi connectivity index (χ0n) is 21.9. The summed E-state index contributed by atoms with van der Waals surface area (Å²) in [7, 11) is -8.58. The fourth-order valence-corrected chi connectivity index (χ4v) is 4.21. The molecule has 228 valence electrons. The Morgan fingerprint density at radius 2 is 1.09 bits per heavy atom. The third-order valence-electron chi connectivity index (χ3n) is 5.13. The van der Waals surface area contributed by atoms with Gasteiger partial charge in [-0.05, 0) is 84.9 Å². The highest BCUT2D eigenvalue weighted by Gasteiger charge is 2.18. The zero-order valence-corrected chi connectivity index (χ0v) is 23.6. The maximum Gasteiger partial charge on any atom is 0.339 e. The summed E-state index contributed by atoms with van der Waals surface area (Å²) in [6.45, 7) is 0. The van der Waals surface area contributed by atoms with E-state index in [1.165, 1.54) is 66.7 Å². The number of amides is 1. The van der Waals surface area contributed by atoms with Gasteiger partial charge in [-0.3, -0.25) is 13.9 Å². The summed E-state index contributed by atoms with van der Waals surface area (Å²) in [6, 6.07) is 19.0. The molecule has 0 radical (unpaired) electrons. The molecule has 4 aromatic rings. The number of carbonyl (C=O) groups excluding carboxylic acids is 1. The van der Waals surface area contributed by atoms with Gasteiger partial charge in [0.1, 0.15) is 16.2 Å². The lowest BCUT2D eigenvalue weighted by Gasteiger charge is -2.10. The average Bonchev–Trinajstić information content (AvgIpc) is 2.91. The summed E-state index contributed by atoms with van der Waals surface area (Å²) >= 11 is 0. The highest BCUT2D eigenvalue weighted by Crippen LogP contribution is 2.24. The van der Waals surface area contributed by atoms with Gasteiger partial charge in [0.05, 0.1) is 10.6 Å². The molecular formula is C26H27N5O10S2. The molecule has 0 heterocycles. The molecule has 4 aromatic carbocycles. The Balaban J connectivity index is 0.000000247. The van der Waals surface area contributed by atoms with E-state index in [2.05, 4.69) is 5.32 Å². The van der Waals surface area contributed by atoms with Crippen LogP contribution >= 0.6 is 0 Å². The second-order valence-corrected chi connectivity index (χ2v) is 11.2. The van der Waals surface area contributed by atoms with Crippen LogP contribution in [0.25, 0.3) is 0 Å². The van der Waals surface area contributed by atoms with E-state index in [1.807, 2.05) is 0 Å². The fraction of sp³-hybridized carbons (Fsp3) is 0. The summed E-state index contributed by atoms with van der Waals surface area (Å²) in [5.41, 5.74) is 23.1. The van der Waals surface area contributed by atoms with Crippen LogP contribution in [0, 0.1) is 0 Å². The molecule has 0 aliphatic heterocycles. The summed E-state index contributed by atoms with van der Waals surface area (Å²) in [5, 5.41) is 19.8. The van der Waals surface area contributed by atoms with Crippen LogP contribution in [0.5, 0.6) is 5.75 Å². The van der Waals surface area contributed by atoms with Crippen molar-refractivity contribution in [2.45, 2.75) is 9.79 Å². The molecule has 4 rings (SSSR count). The number of carboxylic acid groups (broad SMARTS) is 1. The Labute approximate surface area is 245 Å². The number of nitrogens with two attached hydrogens (primary N) is 4. The fourth-order valence-electron chi connectivity index (χ4n) is 3.05. The number of rotatable bonds is 5. The van der Waals surface area contributed by atoms with Crippen molar-refractivity contribution < 1.29 is 45.7 Å². The van der Waals surface area contributed by atoms with Crippen LogP contribution in [-0.4, -0.2) is 48.0 Å². The van der Waals surface area contributed by atoms with Crippen molar-refractivity contribution in [2.24, 2.45) is 0 Å². The van der Waals surface area contributed by atoms with Gasteiger partial charge in [0, 0.05) is 28.3 Å². The molecule has 13 N–H and O–H groups in total. The molecule has 0 bridgehead atoms. The predicted molar refractivity (Wildman–Crippen MR) is 160 cm³/mol. The predicted octanol–water partition coefficient (Wildman–Crippen LogP) is 2.54. The van der Waals surface area contributed by atoms with Crippen LogP contribution in [0.15, 0.2) is 94.7 Å². The number of nitrogens with one attached hydrogen (secondary N) is 1. The second kappa shape index (κ2) is 14.0. The topological polar surface area (TPSA) is 299 Å². The number of benzene rings is 4. The zero-order chi connectivity index (χ0) is 32.5. The second-order valence-electron chi connectivity index (χ2n) is 8.43. The van der Waals surface area contributed by atoms with Gasteiger partial charge in [-0.15, -0.1) is 0 Å². The van der Waals surface area contributed by atoms with Crippen LogP contribution in [0.2, 0.25) is 0 Å². The SMILES string of the molecule is Nc1ccc(C(=O)Nc2ccc(N)cc2S(=O)(=O)O)cc1.Nc1ccc(O)c(C(=O)O)c1.Nc1ccc(S(=O)(=O)O)cc1. The Bertz CT molecular complexity index is 1830. The van der Waals surface area contributed by atoms with Crippen molar-refractivity contribution >= 4 is 60.5 Å². The van der Waals surface area contributed by atoms with Crippen molar-refractivity contribution in [3.63, 3.8) is 0 Å². The van der Waals surface area contributed by atoms with Crippen molar-refractivity contribution in [1.82, 2.24) is 0 Å². The maximum atomic E-state index is 12.0. The molecule has 0 aliphatic carbocycles. The summed E-state index contributed by atoms with van der Waals surface area (Å²) in [4.78, 5) is 21.8. The van der Waals surface area contributed by atoms with Gasteiger partial charge in [-0.1, -0.05) is 0 Å². The lowest BCUT2D eigenvalue weighted by atomic mass is 10.2. The van der Waals surface area contributed by atoms with Crippen molar-refractivity contribution in [3.05, 3.63) is 96.1 Å². The normalized spacial score (nSPS) is 10.7. The smallest absolute Gasteiger partial charge is 0.339 e. The van der Waals surface area contributed by atoms with E-state index in [9.17, 15) is 26.4 Å². The summed E-state index contributed by atoms with van der Waals surface area (Å²) in [6.07, 6.45) is 0. The third-order valence-corrected chi connectivity index (χ3v) is 6.90. The molecular weight excluding hydrogens is 606 g/mol. The van der Waals surface area contributed by atoms with E-state index >= 15 is 0 Å². The molecule has 0 spiro atoms. The van der Waals surface area contributed by atoms with Crippen LogP contribution in [0.4, 0.5) is 28.4 Å². The largest absolute Gasteiger partial charge is 0.507 e. The van der Waals surface area contributed by atoms with Crippen molar-refractivity contribution in [1.29, 1.82) is 0 Å². The number of carbonyl (C=O) groups is 2. The third kappa shape index (κ3) is 10.5. The minimum Gasteiger partial charge on any atom is -0.507 e. The molecule has 0 aliphatic rings. The van der Waals surface area contributed by atoms with E-state index < -0.39 is 37.0 Å². The molecule has 43 heavy (non-hydrogen) atoms. The highest BCUT2D eigenvalue weighted by molar-refractivity contribution is 7.86.